The summed E-state index contributed by atoms with van der Waals surface area (Å²) in [6, 6.07) is 22.7. The van der Waals surface area contributed by atoms with Crippen molar-refractivity contribution in [3.63, 3.8) is 0 Å². The number of aryl methyl sites for hydroxylation is 2. The van der Waals surface area contributed by atoms with Gasteiger partial charge in [0.25, 0.3) is 22.9 Å². The van der Waals surface area contributed by atoms with Crippen LogP contribution in [-0.4, -0.2) is 83.9 Å². The number of pyridine rings is 2. The second kappa shape index (κ2) is 21.1. The largest absolute Gasteiger partial charge is 0.366 e. The van der Waals surface area contributed by atoms with Gasteiger partial charge in [0.2, 0.25) is 0 Å². The van der Waals surface area contributed by atoms with Gasteiger partial charge < -0.3 is 30.0 Å². The van der Waals surface area contributed by atoms with Gasteiger partial charge in [-0.25, -0.2) is 0 Å². The highest BCUT2D eigenvalue weighted by Gasteiger charge is 2.26. The Morgan fingerprint density at radius 3 is 1.62 bits per heavy atom. The third-order valence-electron chi connectivity index (χ3n) is 9.22. The number of benzene rings is 2. The summed E-state index contributed by atoms with van der Waals surface area (Å²) in [5.74, 6) is 0.216. The van der Waals surface area contributed by atoms with E-state index in [0.29, 0.717) is 42.8 Å². The van der Waals surface area contributed by atoms with Crippen molar-refractivity contribution in [3.05, 3.63) is 129 Å². The number of aromatic nitrogens is 2. The maximum atomic E-state index is 12.5. The van der Waals surface area contributed by atoms with Crippen molar-refractivity contribution in [2.75, 3.05) is 57.3 Å². The van der Waals surface area contributed by atoms with Crippen LogP contribution >= 0.6 is 34.3 Å². The third-order valence-corrected chi connectivity index (χ3v) is 11.3. The second-order valence-corrected chi connectivity index (χ2v) is 15.2. The summed E-state index contributed by atoms with van der Waals surface area (Å²) in [7, 11) is 0. The topological polar surface area (TPSA) is 169 Å². The number of carbonyl (C=O) groups excluding carboxylic acids is 2. The molecule has 2 aliphatic heterocycles. The van der Waals surface area contributed by atoms with Gasteiger partial charge in [0, 0.05) is 68.6 Å². The van der Waals surface area contributed by atoms with Crippen molar-refractivity contribution in [1.82, 2.24) is 25.1 Å². The lowest BCUT2D eigenvalue weighted by Crippen LogP contribution is -2.49. The Morgan fingerprint density at radius 1 is 0.672 bits per heavy atom. The Hall–Kier alpha value is -5.77. The average Bonchev–Trinajstić information content (AvgIpc) is 3.95. The molecule has 0 bridgehead atoms. The monoisotopic (exact) mass is 840 g/mol. The zero-order valence-corrected chi connectivity index (χ0v) is 32.5. The standard InChI is InChI=1S/C20H18N4O2S.C11H7ClN2O.C9H12N2OS.3CH4/c1-13-4-5-16-14(11-13)18(15(12-21)19(25)22-16)23-6-8-24(9-7-23)20(26)17-3-2-10-27-17;1-6-2-3-9-7(4-6)10(12)8(5-13)11(15)14-9;12-9(8-2-1-7-13-8)11-5-3-10-4-6-11;;;/h2-5,10-11H,6-9H2,1H3,(H,22,25);2-4H,1H3,(H,14,15);1-2,7,10H,3-6H2;3*1H4. The molecule has 0 aliphatic carbocycles. The average molecular weight is 842 g/mol. The minimum atomic E-state index is -0.446. The minimum Gasteiger partial charge on any atom is -0.366 e. The van der Waals surface area contributed by atoms with Crippen LogP contribution in [0, 0.1) is 36.5 Å². The van der Waals surface area contributed by atoms with E-state index in [-0.39, 0.29) is 55.8 Å². The highest BCUT2D eigenvalue weighted by atomic mass is 35.5. The Kier molecular flexibility index (Phi) is 17.0. The number of H-pyrrole nitrogens is 2. The Morgan fingerprint density at radius 2 is 1.14 bits per heavy atom. The summed E-state index contributed by atoms with van der Waals surface area (Å²) in [5.41, 5.74) is 3.40. The number of carbonyl (C=O) groups is 2. The number of nitriles is 2. The van der Waals surface area contributed by atoms with Gasteiger partial charge in [-0.2, -0.15) is 10.5 Å². The molecule has 6 heterocycles. The summed E-state index contributed by atoms with van der Waals surface area (Å²) in [4.78, 5) is 60.9. The molecular formula is C43H49ClN8O4S2. The maximum Gasteiger partial charge on any atom is 0.268 e. The summed E-state index contributed by atoms with van der Waals surface area (Å²) in [5, 5.41) is 27.2. The van der Waals surface area contributed by atoms with E-state index in [4.69, 9.17) is 16.9 Å². The van der Waals surface area contributed by atoms with Crippen molar-refractivity contribution < 1.29 is 9.59 Å². The maximum absolute atomic E-state index is 12.5. The van der Waals surface area contributed by atoms with Gasteiger partial charge in [-0.05, 0) is 61.0 Å². The van der Waals surface area contributed by atoms with Crippen LogP contribution < -0.4 is 21.3 Å². The lowest BCUT2D eigenvalue weighted by atomic mass is 10.1. The van der Waals surface area contributed by atoms with E-state index < -0.39 is 5.56 Å². The van der Waals surface area contributed by atoms with Crippen molar-refractivity contribution >= 4 is 73.6 Å². The number of hydrogen-bond donors (Lipinski definition) is 3. The first-order valence-electron chi connectivity index (χ1n) is 17.5. The molecule has 0 spiro atoms. The molecule has 12 nitrogen and oxygen atoms in total. The number of piperazine rings is 2. The van der Waals surface area contributed by atoms with Crippen LogP contribution in [0.3, 0.4) is 0 Å². The first kappa shape index (κ1) is 46.6. The first-order chi connectivity index (χ1) is 26.6. The van der Waals surface area contributed by atoms with Crippen LogP contribution in [0.25, 0.3) is 21.8 Å². The molecule has 2 amide bonds. The van der Waals surface area contributed by atoms with Gasteiger partial charge in [-0.3, -0.25) is 19.2 Å². The molecule has 2 saturated heterocycles. The smallest absolute Gasteiger partial charge is 0.268 e. The second-order valence-electron chi connectivity index (χ2n) is 12.9. The molecule has 0 atom stereocenters. The number of nitrogens with zero attached hydrogens (tertiary/aromatic N) is 5. The number of hydrogen-bond acceptors (Lipinski definition) is 10. The molecule has 8 rings (SSSR count). The fourth-order valence-electron chi connectivity index (χ4n) is 6.40. The van der Waals surface area contributed by atoms with Crippen molar-refractivity contribution in [2.24, 2.45) is 0 Å². The van der Waals surface area contributed by atoms with E-state index in [2.05, 4.69) is 21.4 Å². The number of aromatic amines is 2. The van der Waals surface area contributed by atoms with E-state index in [1.165, 1.54) is 22.7 Å². The molecule has 0 saturated carbocycles. The number of amides is 2. The van der Waals surface area contributed by atoms with Gasteiger partial charge in [0.15, 0.2) is 0 Å². The van der Waals surface area contributed by atoms with Crippen LogP contribution in [-0.2, 0) is 0 Å². The van der Waals surface area contributed by atoms with Crippen LogP contribution in [0.1, 0.15) is 63.9 Å². The Balaban J connectivity index is 0.000000248. The third kappa shape index (κ3) is 10.4. The molecule has 0 unspecified atom stereocenters. The van der Waals surface area contributed by atoms with Crippen LogP contribution in [0.2, 0.25) is 5.02 Å². The summed E-state index contributed by atoms with van der Waals surface area (Å²) < 4.78 is 0. The quantitative estimate of drug-likeness (QED) is 0.162. The molecule has 15 heteroatoms. The van der Waals surface area contributed by atoms with E-state index >= 15 is 0 Å². The molecule has 0 radical (unpaired) electrons. The predicted molar refractivity (Wildman–Crippen MR) is 239 cm³/mol. The van der Waals surface area contributed by atoms with Gasteiger partial charge in [-0.1, -0.05) is 69.3 Å². The summed E-state index contributed by atoms with van der Waals surface area (Å²) >= 11 is 8.93. The number of halogens is 1. The predicted octanol–water partition coefficient (Wildman–Crippen LogP) is 7.80. The lowest BCUT2D eigenvalue weighted by molar-refractivity contribution is 0.0737. The minimum absolute atomic E-state index is 0. The summed E-state index contributed by atoms with van der Waals surface area (Å²) in [6.07, 6.45) is 0. The van der Waals surface area contributed by atoms with Crippen LogP contribution in [0.4, 0.5) is 5.69 Å². The Labute approximate surface area is 351 Å². The normalized spacial score (nSPS) is 13.2. The van der Waals surface area contributed by atoms with Crippen molar-refractivity contribution in [3.8, 4) is 12.1 Å². The number of fused-ring (bicyclic) bond motifs is 2. The number of anilines is 1. The van der Waals surface area contributed by atoms with Crippen molar-refractivity contribution in [2.45, 2.75) is 36.1 Å². The molecule has 4 aromatic heterocycles. The molecule has 3 N–H and O–H groups in total. The van der Waals surface area contributed by atoms with E-state index in [9.17, 15) is 24.4 Å². The number of thiophene rings is 2. The highest BCUT2D eigenvalue weighted by Crippen LogP contribution is 2.30. The van der Waals surface area contributed by atoms with Crippen LogP contribution in [0.5, 0.6) is 0 Å². The fourth-order valence-corrected chi connectivity index (χ4v) is 8.07. The summed E-state index contributed by atoms with van der Waals surface area (Å²) in [6.45, 7) is 9.67. The van der Waals surface area contributed by atoms with Gasteiger partial charge >= 0.3 is 0 Å². The lowest BCUT2D eigenvalue weighted by Gasteiger charge is -2.36. The van der Waals surface area contributed by atoms with Crippen LogP contribution in [0.15, 0.2) is 81.0 Å². The molecular weight excluding hydrogens is 792 g/mol. The Bertz CT molecular complexity index is 2540. The number of nitrogens with one attached hydrogen (secondary N) is 3. The molecule has 58 heavy (non-hydrogen) atoms. The van der Waals surface area contributed by atoms with E-state index in [1.807, 2.05) is 93.9 Å². The SMILES string of the molecule is C.C.C.Cc1ccc2[nH]c(=O)c(C#N)c(Cl)c2c1.Cc1ccc2[nH]c(=O)c(C#N)c(N3CCN(C(=O)c4cccs4)CC3)c2c1.O=C(c1cccs1)N1CCNCC1. The molecule has 2 aliphatic rings. The van der Waals surface area contributed by atoms with Gasteiger partial charge in [0.05, 0.1) is 26.0 Å². The molecule has 6 aromatic rings. The molecule has 304 valence electrons. The first-order valence-corrected chi connectivity index (χ1v) is 19.6. The zero-order valence-electron chi connectivity index (χ0n) is 30.1. The fraction of sp³-hybridized carbons (Fsp3) is 0.302. The highest BCUT2D eigenvalue weighted by molar-refractivity contribution is 7.12. The van der Waals surface area contributed by atoms with E-state index in [0.717, 1.165) is 58.0 Å². The van der Waals surface area contributed by atoms with Gasteiger partial charge in [-0.15, -0.1) is 22.7 Å². The van der Waals surface area contributed by atoms with E-state index in [1.54, 1.807) is 12.1 Å². The molecule has 2 aromatic carbocycles. The number of rotatable bonds is 3. The molecule has 2 fully saturated rings. The zero-order chi connectivity index (χ0) is 39.1. The van der Waals surface area contributed by atoms with Gasteiger partial charge in [0.1, 0.15) is 23.3 Å². The van der Waals surface area contributed by atoms with Crippen molar-refractivity contribution in [1.29, 1.82) is 10.5 Å².